The molecule has 2 aromatic carbocycles. The van der Waals surface area contributed by atoms with Crippen molar-refractivity contribution < 1.29 is 9.59 Å². The third kappa shape index (κ3) is 4.77. The number of para-hydroxylation sites is 1. The Morgan fingerprint density at radius 3 is 2.47 bits per heavy atom. The molecule has 2 aliphatic rings. The van der Waals surface area contributed by atoms with E-state index < -0.39 is 0 Å². The first-order chi connectivity index (χ1) is 17.4. The molecule has 186 valence electrons. The number of piperidine rings is 1. The second-order valence-corrected chi connectivity index (χ2v) is 9.57. The van der Waals surface area contributed by atoms with Gasteiger partial charge in [-0.15, -0.1) is 0 Å². The van der Waals surface area contributed by atoms with Crippen molar-refractivity contribution in [2.45, 2.75) is 31.8 Å². The molecule has 0 spiro atoms. The van der Waals surface area contributed by atoms with Gasteiger partial charge in [-0.1, -0.05) is 24.3 Å². The SMILES string of the molecule is C[C@@H]1C(=O)N(C)c2ccc(Nc3cccc(C(=O)NC4CCN(C)CC4)c3)nc2N1c1ccccc1. The standard InChI is InChI=1S/C28H32N6O2/c1-19-28(36)33(3)24-12-13-25(31-26(24)34(19)23-10-5-4-6-11-23)29-22-9-7-8-20(18-22)27(35)30-21-14-16-32(2)17-15-21/h4-13,18-19,21H,14-17H2,1-3H3,(H,29,31)(H,30,35)/t19-/m1/s1. The zero-order valence-electron chi connectivity index (χ0n) is 20.9. The van der Waals surface area contributed by atoms with Crippen molar-refractivity contribution in [1.29, 1.82) is 0 Å². The second-order valence-electron chi connectivity index (χ2n) is 9.57. The molecule has 8 heteroatoms. The summed E-state index contributed by atoms with van der Waals surface area (Å²) in [4.78, 5) is 36.6. The summed E-state index contributed by atoms with van der Waals surface area (Å²) in [5, 5.41) is 6.52. The van der Waals surface area contributed by atoms with Crippen LogP contribution in [0.4, 0.5) is 28.7 Å². The summed E-state index contributed by atoms with van der Waals surface area (Å²) in [5.74, 6) is 1.29. The quantitative estimate of drug-likeness (QED) is 0.566. The molecule has 2 aliphatic heterocycles. The largest absolute Gasteiger partial charge is 0.349 e. The van der Waals surface area contributed by atoms with Crippen molar-refractivity contribution in [1.82, 2.24) is 15.2 Å². The summed E-state index contributed by atoms with van der Waals surface area (Å²) >= 11 is 0. The maximum atomic E-state index is 12.9. The van der Waals surface area contributed by atoms with Crippen LogP contribution in [0, 0.1) is 0 Å². The maximum Gasteiger partial charge on any atom is 0.251 e. The molecular weight excluding hydrogens is 452 g/mol. The fourth-order valence-corrected chi connectivity index (χ4v) is 4.88. The van der Waals surface area contributed by atoms with Crippen LogP contribution in [0.1, 0.15) is 30.1 Å². The van der Waals surface area contributed by atoms with Crippen LogP contribution in [0.3, 0.4) is 0 Å². The van der Waals surface area contributed by atoms with Gasteiger partial charge in [-0.2, -0.15) is 0 Å². The average Bonchev–Trinajstić information content (AvgIpc) is 2.89. The number of carbonyl (C=O) groups excluding carboxylic acids is 2. The molecule has 1 fully saturated rings. The van der Waals surface area contributed by atoms with E-state index in [1.54, 1.807) is 11.9 Å². The number of likely N-dealkylation sites (tertiary alicyclic amines) is 1. The van der Waals surface area contributed by atoms with Gasteiger partial charge < -0.3 is 25.3 Å². The molecule has 3 heterocycles. The highest BCUT2D eigenvalue weighted by Gasteiger charge is 2.35. The second kappa shape index (κ2) is 9.99. The number of pyridine rings is 1. The highest BCUT2D eigenvalue weighted by Crippen LogP contribution is 2.39. The molecule has 2 N–H and O–H groups in total. The summed E-state index contributed by atoms with van der Waals surface area (Å²) in [6, 6.07) is 20.9. The lowest BCUT2D eigenvalue weighted by atomic mass is 10.0. The van der Waals surface area contributed by atoms with Crippen molar-refractivity contribution in [3.05, 3.63) is 72.3 Å². The molecule has 0 bridgehead atoms. The minimum Gasteiger partial charge on any atom is -0.349 e. The van der Waals surface area contributed by atoms with Crippen LogP contribution in [-0.4, -0.2) is 61.0 Å². The minimum absolute atomic E-state index is 0.0113. The van der Waals surface area contributed by atoms with Crippen LogP contribution in [0.5, 0.6) is 0 Å². The predicted molar refractivity (Wildman–Crippen MR) is 143 cm³/mol. The van der Waals surface area contributed by atoms with Crippen molar-refractivity contribution >= 4 is 40.5 Å². The van der Waals surface area contributed by atoms with E-state index in [0.29, 0.717) is 17.2 Å². The summed E-state index contributed by atoms with van der Waals surface area (Å²) in [6.45, 7) is 3.88. The lowest BCUT2D eigenvalue weighted by Gasteiger charge is -2.39. The number of benzene rings is 2. The van der Waals surface area contributed by atoms with Gasteiger partial charge in [0.15, 0.2) is 5.82 Å². The third-order valence-electron chi connectivity index (χ3n) is 7.00. The van der Waals surface area contributed by atoms with Crippen LogP contribution < -0.4 is 20.4 Å². The average molecular weight is 485 g/mol. The van der Waals surface area contributed by atoms with Crippen molar-refractivity contribution in [3.8, 4) is 0 Å². The van der Waals surface area contributed by atoms with Gasteiger partial charge in [0.25, 0.3) is 5.91 Å². The number of nitrogens with zero attached hydrogens (tertiary/aromatic N) is 4. The zero-order valence-corrected chi connectivity index (χ0v) is 20.9. The molecule has 8 nitrogen and oxygen atoms in total. The molecule has 2 amide bonds. The van der Waals surface area contributed by atoms with Gasteiger partial charge in [0, 0.05) is 30.0 Å². The topological polar surface area (TPSA) is 80.8 Å². The smallest absolute Gasteiger partial charge is 0.251 e. The first kappa shape index (κ1) is 23.8. The number of hydrogen-bond acceptors (Lipinski definition) is 6. The first-order valence-electron chi connectivity index (χ1n) is 12.4. The first-order valence-corrected chi connectivity index (χ1v) is 12.4. The van der Waals surface area contributed by atoms with Crippen LogP contribution in [0.2, 0.25) is 0 Å². The lowest BCUT2D eigenvalue weighted by Crippen LogP contribution is -2.49. The van der Waals surface area contributed by atoms with Crippen molar-refractivity contribution in [2.24, 2.45) is 0 Å². The number of rotatable bonds is 5. The van der Waals surface area contributed by atoms with E-state index in [1.807, 2.05) is 78.6 Å². The van der Waals surface area contributed by atoms with Gasteiger partial charge in [-0.3, -0.25) is 9.59 Å². The van der Waals surface area contributed by atoms with E-state index in [4.69, 9.17) is 4.98 Å². The van der Waals surface area contributed by atoms with Gasteiger partial charge in [-0.25, -0.2) is 4.98 Å². The third-order valence-corrected chi connectivity index (χ3v) is 7.00. The van der Waals surface area contributed by atoms with Crippen LogP contribution >= 0.6 is 0 Å². The summed E-state index contributed by atoms with van der Waals surface area (Å²) in [6.07, 6.45) is 1.93. The Labute approximate surface area is 211 Å². The summed E-state index contributed by atoms with van der Waals surface area (Å²) < 4.78 is 0. The van der Waals surface area contributed by atoms with Gasteiger partial charge in [0.05, 0.1) is 5.69 Å². The van der Waals surface area contributed by atoms with E-state index in [0.717, 1.165) is 43.0 Å². The number of aromatic nitrogens is 1. The van der Waals surface area contributed by atoms with E-state index >= 15 is 0 Å². The maximum absolute atomic E-state index is 12.9. The van der Waals surface area contributed by atoms with Crippen LogP contribution in [0.25, 0.3) is 0 Å². The number of likely N-dealkylation sites (N-methyl/N-ethyl adjacent to an activating group) is 1. The van der Waals surface area contributed by atoms with Crippen LogP contribution in [-0.2, 0) is 4.79 Å². The Balaban J connectivity index is 1.38. The number of nitrogens with one attached hydrogen (secondary N) is 2. The van der Waals surface area contributed by atoms with E-state index in [2.05, 4.69) is 22.6 Å². The number of carbonyl (C=O) groups is 2. The molecule has 0 unspecified atom stereocenters. The monoisotopic (exact) mass is 484 g/mol. The van der Waals surface area contributed by atoms with Gasteiger partial charge in [0.1, 0.15) is 11.9 Å². The van der Waals surface area contributed by atoms with E-state index in [9.17, 15) is 9.59 Å². The molecule has 36 heavy (non-hydrogen) atoms. The summed E-state index contributed by atoms with van der Waals surface area (Å²) in [5.41, 5.74) is 3.04. The van der Waals surface area contributed by atoms with E-state index in [-0.39, 0.29) is 23.9 Å². The van der Waals surface area contributed by atoms with Crippen LogP contribution in [0.15, 0.2) is 66.7 Å². The fraction of sp³-hybridized carbons (Fsp3) is 0.321. The Kier molecular flexibility index (Phi) is 6.61. The van der Waals surface area contributed by atoms with Gasteiger partial charge in [0.2, 0.25) is 5.91 Å². The highest BCUT2D eigenvalue weighted by molar-refractivity contribution is 6.06. The van der Waals surface area contributed by atoms with E-state index in [1.165, 1.54) is 0 Å². The van der Waals surface area contributed by atoms with Gasteiger partial charge in [-0.05, 0) is 82.4 Å². The Bertz CT molecular complexity index is 1260. The minimum atomic E-state index is -0.390. The van der Waals surface area contributed by atoms with Crippen molar-refractivity contribution in [2.75, 3.05) is 42.3 Å². The molecule has 1 aromatic heterocycles. The van der Waals surface area contributed by atoms with Gasteiger partial charge >= 0.3 is 0 Å². The number of fused-ring (bicyclic) bond motifs is 1. The summed E-state index contributed by atoms with van der Waals surface area (Å²) in [7, 11) is 3.89. The molecule has 3 aromatic rings. The molecule has 0 radical (unpaired) electrons. The molecule has 0 saturated carbocycles. The molecule has 1 atom stereocenters. The molecule has 1 saturated heterocycles. The zero-order chi connectivity index (χ0) is 25.2. The Morgan fingerprint density at radius 2 is 1.72 bits per heavy atom. The number of amides is 2. The molecule has 0 aliphatic carbocycles. The lowest BCUT2D eigenvalue weighted by molar-refractivity contribution is -0.119. The molecular formula is C28H32N6O2. The fourth-order valence-electron chi connectivity index (χ4n) is 4.88. The Morgan fingerprint density at radius 1 is 0.972 bits per heavy atom. The Hall–Kier alpha value is -3.91. The highest BCUT2D eigenvalue weighted by atomic mass is 16.2. The predicted octanol–water partition coefficient (Wildman–Crippen LogP) is 4.15. The van der Waals surface area contributed by atoms with Crippen molar-refractivity contribution in [3.63, 3.8) is 0 Å². The number of anilines is 5. The number of hydrogen-bond donors (Lipinski definition) is 2. The normalized spacial score (nSPS) is 18.6. The molecule has 5 rings (SSSR count).